The predicted molar refractivity (Wildman–Crippen MR) is 35.5 cm³/mol. The van der Waals surface area contributed by atoms with Crippen LogP contribution in [0.25, 0.3) is 0 Å². The monoisotopic (exact) mass is 142 g/mol. The lowest BCUT2D eigenvalue weighted by Crippen LogP contribution is -2.24. The fourth-order valence-corrected chi connectivity index (χ4v) is 0.856. The van der Waals surface area contributed by atoms with Crippen LogP contribution in [0.15, 0.2) is 12.2 Å². The topological polar surface area (TPSA) is 35.5 Å². The van der Waals surface area contributed by atoms with E-state index < -0.39 is 0 Å². The minimum absolute atomic E-state index is 0.0810. The summed E-state index contributed by atoms with van der Waals surface area (Å²) in [7, 11) is 1.59. The lowest BCUT2D eigenvalue weighted by atomic mass is 10.2. The molecular formula is C7H10O3. The van der Waals surface area contributed by atoms with Crippen molar-refractivity contribution in [2.75, 3.05) is 13.7 Å². The van der Waals surface area contributed by atoms with Crippen LogP contribution in [0.3, 0.4) is 0 Å². The Kier molecular flexibility index (Phi) is 2.45. The summed E-state index contributed by atoms with van der Waals surface area (Å²) in [6, 6.07) is 0. The lowest BCUT2D eigenvalue weighted by Gasteiger charge is -2.16. The first-order valence-electron chi connectivity index (χ1n) is 3.19. The number of ether oxygens (including phenoxy) is 2. The first-order chi connectivity index (χ1) is 4.83. The summed E-state index contributed by atoms with van der Waals surface area (Å²) < 4.78 is 9.69. The van der Waals surface area contributed by atoms with E-state index in [9.17, 15) is 4.79 Å². The number of carbonyl (C=O) groups excluding carboxylic acids is 1. The van der Waals surface area contributed by atoms with E-state index in [-0.39, 0.29) is 12.1 Å². The van der Waals surface area contributed by atoms with Crippen LogP contribution in [0, 0.1) is 0 Å². The van der Waals surface area contributed by atoms with Gasteiger partial charge in [0.05, 0.1) is 6.61 Å². The number of rotatable bonds is 2. The van der Waals surface area contributed by atoms with Crippen LogP contribution < -0.4 is 0 Å². The molecule has 0 aromatic carbocycles. The minimum atomic E-state index is -0.270. The third-order valence-corrected chi connectivity index (χ3v) is 1.29. The van der Waals surface area contributed by atoms with Gasteiger partial charge in [-0.25, -0.2) is 4.79 Å². The molecule has 1 heterocycles. The molecule has 0 spiro atoms. The summed E-state index contributed by atoms with van der Waals surface area (Å²) in [6.45, 7) is 0.482. The maximum absolute atomic E-state index is 10.6. The predicted octanol–water partition coefficient (Wildman–Crippen LogP) is 0.505. The van der Waals surface area contributed by atoms with Gasteiger partial charge in [-0.3, -0.25) is 0 Å². The summed E-state index contributed by atoms with van der Waals surface area (Å²) in [5, 5.41) is 0. The van der Waals surface area contributed by atoms with Crippen molar-refractivity contribution in [3.63, 3.8) is 0 Å². The van der Waals surface area contributed by atoms with Gasteiger partial charge in [0.25, 0.3) is 0 Å². The van der Waals surface area contributed by atoms with Gasteiger partial charge >= 0.3 is 5.97 Å². The van der Waals surface area contributed by atoms with Crippen LogP contribution in [-0.4, -0.2) is 25.8 Å². The van der Waals surface area contributed by atoms with Crippen LogP contribution in [0.4, 0.5) is 0 Å². The fourth-order valence-electron chi connectivity index (χ4n) is 0.856. The molecule has 1 aliphatic heterocycles. The Morgan fingerprint density at radius 3 is 3.30 bits per heavy atom. The maximum atomic E-state index is 10.6. The van der Waals surface area contributed by atoms with Crippen molar-refractivity contribution in [3.8, 4) is 0 Å². The molecule has 10 heavy (non-hydrogen) atoms. The summed E-state index contributed by atoms with van der Waals surface area (Å²) in [6.07, 6.45) is 3.92. The second-order valence-corrected chi connectivity index (χ2v) is 2.15. The van der Waals surface area contributed by atoms with Crippen molar-refractivity contribution in [1.82, 2.24) is 0 Å². The van der Waals surface area contributed by atoms with E-state index >= 15 is 0 Å². The standard InChI is InChI=1S/C7H10O3/c1-9-5-6-3-2-4-7(8)10-6/h2,4,6H,3,5H2,1H3. The lowest BCUT2D eigenvalue weighted by molar-refractivity contribution is -0.146. The van der Waals surface area contributed by atoms with E-state index in [4.69, 9.17) is 9.47 Å². The molecule has 0 bridgehead atoms. The number of hydrogen-bond donors (Lipinski definition) is 0. The van der Waals surface area contributed by atoms with Gasteiger partial charge in [-0.05, 0) is 0 Å². The molecule has 1 aliphatic rings. The number of cyclic esters (lactones) is 1. The van der Waals surface area contributed by atoms with E-state index in [1.54, 1.807) is 13.2 Å². The Labute approximate surface area is 59.6 Å². The van der Waals surface area contributed by atoms with Crippen molar-refractivity contribution < 1.29 is 14.3 Å². The van der Waals surface area contributed by atoms with E-state index in [2.05, 4.69) is 0 Å². The number of carbonyl (C=O) groups is 1. The van der Waals surface area contributed by atoms with Crippen molar-refractivity contribution in [1.29, 1.82) is 0 Å². The smallest absolute Gasteiger partial charge is 0.330 e. The molecule has 0 aliphatic carbocycles. The highest BCUT2D eigenvalue weighted by Gasteiger charge is 2.14. The fraction of sp³-hybridized carbons (Fsp3) is 0.571. The number of methoxy groups -OCH3 is 1. The second kappa shape index (κ2) is 3.37. The molecule has 0 aromatic rings. The summed E-state index contributed by atoms with van der Waals surface area (Å²) in [4.78, 5) is 10.6. The highest BCUT2D eigenvalue weighted by molar-refractivity contribution is 5.82. The molecule has 56 valence electrons. The van der Waals surface area contributed by atoms with Gasteiger partial charge in [0.15, 0.2) is 0 Å². The molecule has 3 nitrogen and oxygen atoms in total. The zero-order valence-electron chi connectivity index (χ0n) is 5.87. The Bertz CT molecular complexity index is 151. The molecule has 0 fully saturated rings. The average molecular weight is 142 g/mol. The third-order valence-electron chi connectivity index (χ3n) is 1.29. The zero-order chi connectivity index (χ0) is 7.40. The Morgan fingerprint density at radius 1 is 1.90 bits per heavy atom. The van der Waals surface area contributed by atoms with Gasteiger partial charge in [0, 0.05) is 19.6 Å². The quantitative estimate of drug-likeness (QED) is 0.527. The molecule has 3 heteroatoms. The summed E-state index contributed by atoms with van der Waals surface area (Å²) in [5.41, 5.74) is 0. The molecule has 0 aromatic heterocycles. The van der Waals surface area contributed by atoms with Crippen LogP contribution in [0.2, 0.25) is 0 Å². The van der Waals surface area contributed by atoms with E-state index in [0.29, 0.717) is 6.61 Å². The molecule has 0 saturated carbocycles. The van der Waals surface area contributed by atoms with Crippen LogP contribution in [0.5, 0.6) is 0 Å². The first kappa shape index (κ1) is 7.28. The highest BCUT2D eigenvalue weighted by atomic mass is 16.6. The summed E-state index contributed by atoms with van der Waals surface area (Å²) in [5.74, 6) is -0.270. The molecule has 1 unspecified atom stereocenters. The Balaban J connectivity index is 2.36. The molecular weight excluding hydrogens is 132 g/mol. The molecule has 0 saturated heterocycles. The van der Waals surface area contributed by atoms with E-state index in [0.717, 1.165) is 6.42 Å². The molecule has 1 rings (SSSR count). The van der Waals surface area contributed by atoms with Crippen molar-refractivity contribution in [2.45, 2.75) is 12.5 Å². The largest absolute Gasteiger partial charge is 0.456 e. The van der Waals surface area contributed by atoms with Crippen LogP contribution in [-0.2, 0) is 14.3 Å². The molecule has 0 N–H and O–H groups in total. The van der Waals surface area contributed by atoms with Crippen LogP contribution in [0.1, 0.15) is 6.42 Å². The Morgan fingerprint density at radius 2 is 2.70 bits per heavy atom. The van der Waals surface area contributed by atoms with Gasteiger partial charge in [-0.15, -0.1) is 0 Å². The minimum Gasteiger partial charge on any atom is -0.456 e. The second-order valence-electron chi connectivity index (χ2n) is 2.15. The van der Waals surface area contributed by atoms with Gasteiger partial charge in [-0.1, -0.05) is 6.08 Å². The molecule has 0 radical (unpaired) electrons. The highest BCUT2D eigenvalue weighted by Crippen LogP contribution is 2.06. The average Bonchev–Trinajstić information content (AvgIpc) is 1.88. The van der Waals surface area contributed by atoms with Gasteiger partial charge < -0.3 is 9.47 Å². The van der Waals surface area contributed by atoms with Crippen molar-refractivity contribution in [3.05, 3.63) is 12.2 Å². The first-order valence-corrected chi connectivity index (χ1v) is 3.19. The number of esters is 1. The van der Waals surface area contributed by atoms with Crippen molar-refractivity contribution in [2.24, 2.45) is 0 Å². The van der Waals surface area contributed by atoms with E-state index in [1.807, 2.05) is 0 Å². The normalized spacial score (nSPS) is 24.5. The molecule has 0 amide bonds. The van der Waals surface area contributed by atoms with Gasteiger partial charge in [0.2, 0.25) is 0 Å². The van der Waals surface area contributed by atoms with Crippen molar-refractivity contribution >= 4 is 5.97 Å². The summed E-state index contributed by atoms with van der Waals surface area (Å²) >= 11 is 0. The zero-order valence-corrected chi connectivity index (χ0v) is 5.87. The van der Waals surface area contributed by atoms with Gasteiger partial charge in [-0.2, -0.15) is 0 Å². The number of hydrogen-bond acceptors (Lipinski definition) is 3. The van der Waals surface area contributed by atoms with Crippen LogP contribution >= 0.6 is 0 Å². The maximum Gasteiger partial charge on any atom is 0.330 e. The SMILES string of the molecule is COCC1CC=CC(=O)O1. The van der Waals surface area contributed by atoms with Gasteiger partial charge in [0.1, 0.15) is 6.10 Å². The van der Waals surface area contributed by atoms with E-state index in [1.165, 1.54) is 6.08 Å². The molecule has 1 atom stereocenters. The third kappa shape index (κ3) is 1.84. The Hall–Kier alpha value is -0.830.